The predicted octanol–water partition coefficient (Wildman–Crippen LogP) is 18.0. The summed E-state index contributed by atoms with van der Waals surface area (Å²) in [4.78, 5) is 35.7. The van der Waals surface area contributed by atoms with E-state index in [4.69, 9.17) is 0 Å². The first-order valence-electron chi connectivity index (χ1n) is 30.0. The van der Waals surface area contributed by atoms with E-state index in [0.717, 1.165) is 137 Å². The van der Waals surface area contributed by atoms with Crippen LogP contribution in [-0.4, -0.2) is 62.7 Å². The Labute approximate surface area is 527 Å². The van der Waals surface area contributed by atoms with E-state index in [-0.39, 0.29) is 0 Å². The molecule has 1 aliphatic rings. The standard InChI is InChI=1S/C38H23N7.C33H20N6.C6H5Br/c1-2-6-24(7-3-1)44-32-9-5-4-8-26(32)27-18-25(43-33-10-14-39-20-28(33)29-21-40-15-11-34(29)43)19-37(38(27)44)45-35-12-16-41-22-30(35)31-23-42-17-13-36(31)45;1-2-4-22-20(3-1)13-24-23(22)14-21(38-29-5-9-34-16-25(29)26-17-35-10-6-30(26)38)15-33(24)39-31-7-11-36-18-27(31)28-19-37-12-8-32(28)39;7-6-4-2-1-3-5-6/h1-23H;1-12,14-19H,13H2;1-5H. The van der Waals surface area contributed by atoms with E-state index >= 15 is 0 Å². The summed E-state index contributed by atoms with van der Waals surface area (Å²) in [6.07, 6.45) is 31.3. The number of pyridine rings is 8. The molecular formula is C77H48BrN13. The van der Waals surface area contributed by atoms with Crippen LogP contribution in [0.15, 0.2) is 286 Å². The maximum Gasteiger partial charge on any atom is 0.0784 e. The smallest absolute Gasteiger partial charge is 0.0784 e. The van der Waals surface area contributed by atoms with Gasteiger partial charge in [0.1, 0.15) is 0 Å². The zero-order valence-corrected chi connectivity index (χ0v) is 50.0. The SMILES string of the molecule is Brc1ccccc1.c1ccc(-n2c3ccccc3c3cc(-n4c5ccncc5c5cnccc54)cc(-n4c5ccncc5c5cnccc54)c32)cc1.c1ccc2c(c1)Cc1c-2cc(-n2c3ccncc3c3cnccc32)cc1-n1c2ccncc2c2cnccc21. The van der Waals surface area contributed by atoms with Gasteiger partial charge >= 0.3 is 0 Å². The lowest BCUT2D eigenvalue weighted by Gasteiger charge is -2.17. The van der Waals surface area contributed by atoms with Crippen LogP contribution in [0.2, 0.25) is 0 Å². The molecule has 13 heterocycles. The van der Waals surface area contributed by atoms with Crippen molar-refractivity contribution in [2.75, 3.05) is 0 Å². The average Bonchev–Trinajstić information content (AvgIpc) is 1.62. The molecule has 19 aromatic rings. The van der Waals surface area contributed by atoms with Gasteiger partial charge < -0.3 is 22.8 Å². The maximum absolute atomic E-state index is 4.50. The molecule has 13 nitrogen and oxygen atoms in total. The zero-order chi connectivity index (χ0) is 60.1. The van der Waals surface area contributed by atoms with Gasteiger partial charge in [0.15, 0.2) is 0 Å². The molecule has 0 saturated carbocycles. The number of halogens is 1. The molecule has 6 aromatic carbocycles. The Morgan fingerprint density at radius 2 is 0.626 bits per heavy atom. The van der Waals surface area contributed by atoms with Crippen molar-refractivity contribution in [3.05, 3.63) is 297 Å². The van der Waals surface area contributed by atoms with Gasteiger partial charge in [-0.1, -0.05) is 94.8 Å². The highest BCUT2D eigenvalue weighted by Gasteiger charge is 2.28. The summed E-state index contributed by atoms with van der Waals surface area (Å²) >= 11 is 3.31. The van der Waals surface area contributed by atoms with E-state index < -0.39 is 0 Å². The second-order valence-electron chi connectivity index (χ2n) is 22.7. The van der Waals surface area contributed by atoms with E-state index in [1.54, 1.807) is 0 Å². The number of benzene rings is 6. The second-order valence-corrected chi connectivity index (χ2v) is 23.6. The Morgan fingerprint density at radius 3 is 1.08 bits per heavy atom. The van der Waals surface area contributed by atoms with Crippen molar-refractivity contribution >= 4 is 125 Å². The molecule has 0 saturated heterocycles. The fourth-order valence-electron chi connectivity index (χ4n) is 14.1. The van der Waals surface area contributed by atoms with Crippen LogP contribution < -0.4 is 0 Å². The normalized spacial score (nSPS) is 12.0. The molecule has 0 N–H and O–H groups in total. The van der Waals surface area contributed by atoms with Gasteiger partial charge in [0.2, 0.25) is 0 Å². The van der Waals surface area contributed by atoms with Gasteiger partial charge in [-0.15, -0.1) is 0 Å². The summed E-state index contributed by atoms with van der Waals surface area (Å²) in [5.41, 5.74) is 21.8. The van der Waals surface area contributed by atoms with Gasteiger partial charge in [0.05, 0.1) is 66.5 Å². The molecule has 428 valence electrons. The topological polar surface area (TPSA) is 128 Å². The number of aromatic nitrogens is 13. The molecule has 0 spiro atoms. The van der Waals surface area contributed by atoms with Crippen LogP contribution in [0, 0.1) is 0 Å². The third kappa shape index (κ3) is 8.23. The largest absolute Gasteiger partial charge is 0.309 e. The van der Waals surface area contributed by atoms with Crippen molar-refractivity contribution in [1.82, 2.24) is 62.7 Å². The zero-order valence-electron chi connectivity index (χ0n) is 48.5. The van der Waals surface area contributed by atoms with Crippen LogP contribution in [0.5, 0.6) is 0 Å². The lowest BCUT2D eigenvalue weighted by Crippen LogP contribution is -2.03. The van der Waals surface area contributed by atoms with Gasteiger partial charge in [-0.3, -0.25) is 39.9 Å². The number of nitrogens with zero attached hydrogens (tertiary/aromatic N) is 13. The fourth-order valence-corrected chi connectivity index (χ4v) is 14.4. The van der Waals surface area contributed by atoms with Crippen LogP contribution in [0.25, 0.3) is 149 Å². The van der Waals surface area contributed by atoms with E-state index in [0.29, 0.717) is 0 Å². The summed E-state index contributed by atoms with van der Waals surface area (Å²) in [5.74, 6) is 0. The third-order valence-corrected chi connectivity index (χ3v) is 18.4. The van der Waals surface area contributed by atoms with Crippen LogP contribution in [0.1, 0.15) is 11.1 Å². The molecule has 0 aliphatic heterocycles. The molecule has 0 fully saturated rings. The average molecular weight is 1240 g/mol. The van der Waals surface area contributed by atoms with E-state index in [9.17, 15) is 0 Å². The van der Waals surface area contributed by atoms with Crippen molar-refractivity contribution in [1.29, 1.82) is 0 Å². The molecule has 14 heteroatoms. The van der Waals surface area contributed by atoms with Gasteiger partial charge in [-0.25, -0.2) is 0 Å². The molecule has 0 bridgehead atoms. The number of hydrogen-bond donors (Lipinski definition) is 0. The summed E-state index contributed by atoms with van der Waals surface area (Å²) in [6, 6.07) is 64.1. The van der Waals surface area contributed by atoms with Crippen molar-refractivity contribution in [2.24, 2.45) is 0 Å². The summed E-state index contributed by atoms with van der Waals surface area (Å²) < 4.78 is 13.0. The maximum atomic E-state index is 4.50. The number of fused-ring (bicyclic) bond motifs is 18. The molecule has 91 heavy (non-hydrogen) atoms. The van der Waals surface area contributed by atoms with E-state index in [1.165, 1.54) is 33.3 Å². The second kappa shape index (κ2) is 21.1. The summed E-state index contributed by atoms with van der Waals surface area (Å²) in [5, 5.41) is 11.0. The Morgan fingerprint density at radius 1 is 0.264 bits per heavy atom. The Balaban J connectivity index is 0.000000123. The summed E-state index contributed by atoms with van der Waals surface area (Å²) in [7, 11) is 0. The van der Waals surface area contributed by atoms with Crippen molar-refractivity contribution < 1.29 is 0 Å². The number of rotatable bonds is 5. The third-order valence-electron chi connectivity index (χ3n) is 17.8. The first kappa shape index (κ1) is 52.2. The van der Waals surface area contributed by atoms with Crippen molar-refractivity contribution in [3.8, 4) is 39.6 Å². The highest BCUT2D eigenvalue weighted by atomic mass is 79.9. The molecule has 13 aromatic heterocycles. The molecular weight excluding hydrogens is 1190 g/mol. The Hall–Kier alpha value is -12.0. The Bertz CT molecular complexity index is 5890. The lowest BCUT2D eigenvalue weighted by molar-refractivity contribution is 1.09. The van der Waals surface area contributed by atoms with Gasteiger partial charge in [-0.05, 0) is 125 Å². The molecule has 0 radical (unpaired) electrons. The molecule has 0 unspecified atom stereocenters. The minimum absolute atomic E-state index is 0.888. The van der Waals surface area contributed by atoms with Crippen LogP contribution in [0.3, 0.4) is 0 Å². The lowest BCUT2D eigenvalue weighted by atomic mass is 10.0. The molecule has 0 amide bonds. The first-order valence-corrected chi connectivity index (χ1v) is 30.7. The van der Waals surface area contributed by atoms with E-state index in [1.807, 2.05) is 129 Å². The minimum Gasteiger partial charge on any atom is -0.309 e. The van der Waals surface area contributed by atoms with Crippen LogP contribution in [-0.2, 0) is 6.42 Å². The molecule has 1 aliphatic carbocycles. The molecule has 0 atom stereocenters. The highest BCUT2D eigenvalue weighted by molar-refractivity contribution is 9.10. The highest BCUT2D eigenvalue weighted by Crippen LogP contribution is 2.46. The molecule has 20 rings (SSSR count). The Kier molecular flexibility index (Phi) is 12.1. The van der Waals surface area contributed by atoms with Gasteiger partial charge in [0.25, 0.3) is 0 Å². The van der Waals surface area contributed by atoms with Crippen molar-refractivity contribution in [2.45, 2.75) is 6.42 Å². The minimum atomic E-state index is 0.888. The quantitative estimate of drug-likeness (QED) is 0.167. The number of hydrogen-bond acceptors (Lipinski definition) is 8. The van der Waals surface area contributed by atoms with Gasteiger partial charge in [-0.2, -0.15) is 0 Å². The van der Waals surface area contributed by atoms with Gasteiger partial charge in [0, 0.05) is 181 Å². The van der Waals surface area contributed by atoms with Crippen LogP contribution >= 0.6 is 15.9 Å². The summed E-state index contributed by atoms with van der Waals surface area (Å²) in [6.45, 7) is 0. The van der Waals surface area contributed by atoms with Crippen molar-refractivity contribution in [3.63, 3.8) is 0 Å². The predicted molar refractivity (Wildman–Crippen MR) is 369 cm³/mol. The van der Waals surface area contributed by atoms with Crippen LogP contribution in [0.4, 0.5) is 0 Å². The van der Waals surface area contributed by atoms with E-state index in [2.05, 4.69) is 230 Å². The number of para-hydroxylation sites is 2. The fraction of sp³-hybridized carbons (Fsp3) is 0.0130. The first-order chi connectivity index (χ1) is 45.1. The monoisotopic (exact) mass is 1230 g/mol.